The second kappa shape index (κ2) is 6.48. The monoisotopic (exact) mass is 364 g/mol. The molecule has 130 valence electrons. The average molecular weight is 364 g/mol. The standard InChI is InChI=1S/C26H21P/c1-26(24-18-10-8-16-22(24)23-17-9-11-19-25(23)26)27(20-12-4-2-5-13-20)21-14-6-3-7-15-21/h2-19H,1H3. The predicted molar refractivity (Wildman–Crippen MR) is 117 cm³/mol. The first-order valence-corrected chi connectivity index (χ1v) is 10.7. The lowest BCUT2D eigenvalue weighted by atomic mass is 9.98. The van der Waals surface area contributed by atoms with E-state index in [2.05, 4.69) is 116 Å². The minimum atomic E-state index is -0.607. The largest absolute Gasteiger partial charge is 0.0622 e. The van der Waals surface area contributed by atoms with Crippen LogP contribution >= 0.6 is 7.92 Å². The number of hydrogen-bond donors (Lipinski definition) is 0. The topological polar surface area (TPSA) is 0 Å². The van der Waals surface area contributed by atoms with Crippen LogP contribution in [-0.2, 0) is 5.16 Å². The Morgan fingerprint density at radius 3 is 1.30 bits per heavy atom. The summed E-state index contributed by atoms with van der Waals surface area (Å²) in [5.74, 6) is 0. The molecule has 0 N–H and O–H groups in total. The summed E-state index contributed by atoms with van der Waals surface area (Å²) in [5, 5.41) is 2.80. The molecule has 1 aliphatic carbocycles. The predicted octanol–water partition coefficient (Wildman–Crippen LogP) is 6.06. The zero-order valence-corrected chi connectivity index (χ0v) is 16.2. The Kier molecular flexibility index (Phi) is 3.96. The number of rotatable bonds is 3. The van der Waals surface area contributed by atoms with Crippen molar-refractivity contribution < 1.29 is 0 Å². The summed E-state index contributed by atoms with van der Waals surface area (Å²) < 4.78 is 0. The summed E-state index contributed by atoms with van der Waals surface area (Å²) in [6, 6.07) is 40.0. The third kappa shape index (κ3) is 2.48. The third-order valence-electron chi connectivity index (χ3n) is 5.67. The molecule has 0 radical (unpaired) electrons. The fourth-order valence-electron chi connectivity index (χ4n) is 4.49. The molecule has 0 aromatic heterocycles. The molecule has 5 rings (SSSR count). The van der Waals surface area contributed by atoms with Crippen molar-refractivity contribution in [3.8, 4) is 11.1 Å². The van der Waals surface area contributed by atoms with Crippen molar-refractivity contribution in [2.24, 2.45) is 0 Å². The van der Waals surface area contributed by atoms with Crippen LogP contribution in [0.5, 0.6) is 0 Å². The first-order valence-electron chi connectivity index (χ1n) is 9.40. The fraction of sp³-hybridized carbons (Fsp3) is 0.0769. The molecule has 27 heavy (non-hydrogen) atoms. The van der Waals surface area contributed by atoms with E-state index in [1.54, 1.807) is 0 Å². The highest BCUT2D eigenvalue weighted by atomic mass is 31.1. The van der Waals surface area contributed by atoms with Crippen molar-refractivity contribution in [3.05, 3.63) is 120 Å². The van der Waals surface area contributed by atoms with Crippen LogP contribution < -0.4 is 10.6 Å². The highest BCUT2D eigenvalue weighted by molar-refractivity contribution is 7.74. The molecular formula is C26H21P. The van der Waals surface area contributed by atoms with Crippen LogP contribution in [0.1, 0.15) is 18.1 Å². The van der Waals surface area contributed by atoms with E-state index < -0.39 is 7.92 Å². The Morgan fingerprint density at radius 2 is 0.852 bits per heavy atom. The van der Waals surface area contributed by atoms with Crippen LogP contribution in [0.2, 0.25) is 0 Å². The van der Waals surface area contributed by atoms with Gasteiger partial charge in [-0.1, -0.05) is 109 Å². The Hall–Kier alpha value is -2.69. The third-order valence-corrected chi connectivity index (χ3v) is 8.67. The van der Waals surface area contributed by atoms with Gasteiger partial charge in [0.25, 0.3) is 0 Å². The summed E-state index contributed by atoms with van der Waals surface area (Å²) in [6.45, 7) is 2.45. The summed E-state index contributed by atoms with van der Waals surface area (Å²) in [5.41, 5.74) is 5.67. The fourth-order valence-corrected chi connectivity index (χ4v) is 7.63. The van der Waals surface area contributed by atoms with E-state index in [0.717, 1.165) is 0 Å². The maximum atomic E-state index is 2.45. The molecule has 0 saturated carbocycles. The second-order valence-electron chi connectivity index (χ2n) is 7.17. The molecule has 0 fully saturated rings. The Balaban J connectivity index is 1.84. The first-order chi connectivity index (χ1) is 13.3. The smallest absolute Gasteiger partial charge is 0.0467 e. The lowest BCUT2D eigenvalue weighted by molar-refractivity contribution is 0.857. The molecule has 0 saturated heterocycles. The van der Waals surface area contributed by atoms with E-state index in [4.69, 9.17) is 0 Å². The van der Waals surface area contributed by atoms with Gasteiger partial charge in [-0.2, -0.15) is 0 Å². The number of benzene rings is 4. The molecule has 0 unspecified atom stereocenters. The number of hydrogen-bond acceptors (Lipinski definition) is 0. The number of fused-ring (bicyclic) bond motifs is 3. The Labute approximate surface area is 162 Å². The van der Waals surface area contributed by atoms with E-state index in [1.807, 2.05) is 0 Å². The zero-order valence-electron chi connectivity index (χ0n) is 15.3. The molecule has 0 aliphatic heterocycles. The van der Waals surface area contributed by atoms with Crippen LogP contribution in [0, 0.1) is 0 Å². The molecule has 0 bridgehead atoms. The summed E-state index contributed by atoms with van der Waals surface area (Å²) >= 11 is 0. The second-order valence-corrected chi connectivity index (χ2v) is 9.77. The van der Waals surface area contributed by atoms with Gasteiger partial charge in [-0.15, -0.1) is 0 Å². The molecule has 4 aromatic rings. The summed E-state index contributed by atoms with van der Waals surface area (Å²) in [4.78, 5) is 0. The van der Waals surface area contributed by atoms with Crippen molar-refractivity contribution in [2.75, 3.05) is 0 Å². The van der Waals surface area contributed by atoms with Gasteiger partial charge in [-0.25, -0.2) is 0 Å². The maximum Gasteiger partial charge on any atom is 0.0467 e. The van der Waals surface area contributed by atoms with Crippen molar-refractivity contribution in [2.45, 2.75) is 12.1 Å². The minimum absolute atomic E-state index is 0.0504. The Morgan fingerprint density at radius 1 is 0.481 bits per heavy atom. The molecule has 0 nitrogen and oxygen atoms in total. The van der Waals surface area contributed by atoms with E-state index in [0.29, 0.717) is 0 Å². The van der Waals surface area contributed by atoms with E-state index in [1.165, 1.54) is 32.9 Å². The van der Waals surface area contributed by atoms with Gasteiger partial charge in [0.15, 0.2) is 0 Å². The normalized spacial score (nSPS) is 14.0. The SMILES string of the molecule is CC1(P(c2ccccc2)c2ccccc2)c2ccccc2-c2ccccc21. The van der Waals surface area contributed by atoms with Gasteiger partial charge in [0.05, 0.1) is 0 Å². The van der Waals surface area contributed by atoms with Crippen LogP contribution in [0.15, 0.2) is 109 Å². The maximum absolute atomic E-state index is 2.45. The molecule has 4 aromatic carbocycles. The van der Waals surface area contributed by atoms with E-state index >= 15 is 0 Å². The molecule has 1 aliphatic rings. The van der Waals surface area contributed by atoms with Gasteiger partial charge in [0.2, 0.25) is 0 Å². The van der Waals surface area contributed by atoms with Gasteiger partial charge in [0.1, 0.15) is 0 Å². The van der Waals surface area contributed by atoms with Crippen molar-refractivity contribution in [3.63, 3.8) is 0 Å². The Bertz CT molecular complexity index is 998. The molecule has 0 spiro atoms. The summed E-state index contributed by atoms with van der Waals surface area (Å²) in [7, 11) is -0.607. The average Bonchev–Trinajstić information content (AvgIpc) is 3.00. The lowest BCUT2D eigenvalue weighted by Crippen LogP contribution is -2.29. The van der Waals surface area contributed by atoms with Crippen molar-refractivity contribution >= 4 is 18.5 Å². The molecule has 1 heteroatoms. The first kappa shape index (κ1) is 16.5. The van der Waals surface area contributed by atoms with E-state index in [-0.39, 0.29) is 5.16 Å². The zero-order chi connectivity index (χ0) is 18.3. The van der Waals surface area contributed by atoms with Crippen LogP contribution in [0.4, 0.5) is 0 Å². The molecule has 0 amide bonds. The van der Waals surface area contributed by atoms with E-state index in [9.17, 15) is 0 Å². The van der Waals surface area contributed by atoms with Gasteiger partial charge in [-0.3, -0.25) is 0 Å². The highest BCUT2D eigenvalue weighted by Gasteiger charge is 2.46. The van der Waals surface area contributed by atoms with Gasteiger partial charge in [0, 0.05) is 5.16 Å². The van der Waals surface area contributed by atoms with Crippen LogP contribution in [0.3, 0.4) is 0 Å². The summed E-state index contributed by atoms with van der Waals surface area (Å²) in [6.07, 6.45) is 0. The van der Waals surface area contributed by atoms with Gasteiger partial charge < -0.3 is 0 Å². The minimum Gasteiger partial charge on any atom is -0.0622 e. The van der Waals surface area contributed by atoms with Crippen LogP contribution in [0.25, 0.3) is 11.1 Å². The van der Waals surface area contributed by atoms with Gasteiger partial charge >= 0.3 is 0 Å². The molecule has 0 atom stereocenters. The van der Waals surface area contributed by atoms with Gasteiger partial charge in [-0.05, 0) is 47.7 Å². The highest BCUT2D eigenvalue weighted by Crippen LogP contribution is 2.64. The van der Waals surface area contributed by atoms with Crippen LogP contribution in [-0.4, -0.2) is 0 Å². The molecule has 0 heterocycles. The molecular weight excluding hydrogens is 343 g/mol. The van der Waals surface area contributed by atoms with Crippen molar-refractivity contribution in [1.82, 2.24) is 0 Å². The quantitative estimate of drug-likeness (QED) is 0.387. The van der Waals surface area contributed by atoms with Crippen molar-refractivity contribution in [1.29, 1.82) is 0 Å². The lowest BCUT2D eigenvalue weighted by Gasteiger charge is -2.37.